The molecule has 2 fully saturated rings. The Morgan fingerprint density at radius 3 is 2.93 bits per heavy atom. The maximum absolute atomic E-state index is 6.36. The molecule has 5 nitrogen and oxygen atoms in total. The Kier molecular flexibility index (Phi) is 5.56. The maximum atomic E-state index is 6.36. The number of anilines is 1. The maximum Gasteiger partial charge on any atom is 0.156 e. The standard InChI is InChI=1S/C22H28N3O2PS/c1-2-4-15(22-21-18(13-29-22)25-8-10-27-21)14-5-3-9-26-20(14)19-11-16-17(12-28-19)24-7-6-23-16/h2,4,11-15,23-25,28H,3,5-10H2,1H3/b4-2?,20-19+. The molecule has 5 rings (SSSR count). The predicted octanol–water partition coefficient (Wildman–Crippen LogP) is 4.46. The SMILES string of the molecule is CC=CC(c1scc2c1OCCN2)C1CCCO/C1=C1\C=C2NCCNC2=CP1. The fourth-order valence-electron chi connectivity index (χ4n) is 4.48. The van der Waals surface area contributed by atoms with Crippen molar-refractivity contribution in [3.63, 3.8) is 0 Å². The van der Waals surface area contributed by atoms with Crippen LogP contribution in [-0.2, 0) is 4.74 Å². The zero-order chi connectivity index (χ0) is 19.6. The molecule has 0 spiro atoms. The topological polar surface area (TPSA) is 54.5 Å². The highest BCUT2D eigenvalue weighted by Gasteiger charge is 2.35. The minimum absolute atomic E-state index is 0.280. The first-order valence-corrected chi connectivity index (χ1v) is 12.4. The normalized spacial score (nSPS) is 28.0. The molecule has 2 saturated heterocycles. The van der Waals surface area contributed by atoms with Gasteiger partial charge in [-0.1, -0.05) is 20.7 Å². The molecule has 0 amide bonds. The summed E-state index contributed by atoms with van der Waals surface area (Å²) in [6, 6.07) is 0. The zero-order valence-electron chi connectivity index (χ0n) is 16.7. The van der Waals surface area contributed by atoms with Gasteiger partial charge in [-0.2, -0.15) is 0 Å². The number of thiophene rings is 1. The van der Waals surface area contributed by atoms with Crippen LogP contribution in [0.2, 0.25) is 0 Å². The summed E-state index contributed by atoms with van der Waals surface area (Å²) in [7, 11) is 0.636. The molecule has 154 valence electrons. The van der Waals surface area contributed by atoms with Gasteiger partial charge in [-0.3, -0.25) is 0 Å². The Hall–Kier alpha value is -1.91. The Morgan fingerprint density at radius 2 is 2.03 bits per heavy atom. The van der Waals surface area contributed by atoms with Gasteiger partial charge in [-0.15, -0.1) is 11.3 Å². The van der Waals surface area contributed by atoms with E-state index in [0.29, 0.717) is 14.5 Å². The highest BCUT2D eigenvalue weighted by atomic mass is 32.1. The summed E-state index contributed by atoms with van der Waals surface area (Å²) in [5.41, 5.74) is 3.58. The Labute approximate surface area is 178 Å². The van der Waals surface area contributed by atoms with Gasteiger partial charge in [0.15, 0.2) is 5.75 Å². The molecule has 3 N–H and O–H groups in total. The van der Waals surface area contributed by atoms with E-state index >= 15 is 0 Å². The number of hydrogen-bond donors (Lipinski definition) is 3. The molecule has 5 heterocycles. The molecule has 0 radical (unpaired) electrons. The van der Waals surface area contributed by atoms with Crippen molar-refractivity contribution in [2.24, 2.45) is 5.92 Å². The highest BCUT2D eigenvalue weighted by molar-refractivity contribution is 7.47. The van der Waals surface area contributed by atoms with E-state index in [0.717, 1.165) is 57.1 Å². The van der Waals surface area contributed by atoms with Crippen molar-refractivity contribution in [3.8, 4) is 5.75 Å². The lowest BCUT2D eigenvalue weighted by molar-refractivity contribution is 0.121. The van der Waals surface area contributed by atoms with Crippen LogP contribution in [0, 0.1) is 5.92 Å². The quantitative estimate of drug-likeness (QED) is 0.489. The number of ether oxygens (including phenoxy) is 2. The third-order valence-electron chi connectivity index (χ3n) is 5.80. The van der Waals surface area contributed by atoms with Crippen LogP contribution in [0.15, 0.2) is 51.9 Å². The molecule has 29 heavy (non-hydrogen) atoms. The number of nitrogens with one attached hydrogen (secondary N) is 3. The molecule has 0 aromatic carbocycles. The highest BCUT2D eigenvalue weighted by Crippen LogP contribution is 2.50. The molecule has 0 bridgehead atoms. The number of rotatable bonds is 3. The van der Waals surface area contributed by atoms with Gasteiger partial charge in [-0.05, 0) is 31.7 Å². The molecule has 3 atom stereocenters. The molecule has 4 aliphatic rings. The molecule has 0 saturated carbocycles. The Balaban J connectivity index is 1.52. The minimum atomic E-state index is 0.280. The Bertz CT molecular complexity index is 902. The third-order valence-corrected chi connectivity index (χ3v) is 8.00. The van der Waals surface area contributed by atoms with E-state index in [2.05, 4.69) is 52.3 Å². The Morgan fingerprint density at radius 1 is 1.14 bits per heavy atom. The van der Waals surface area contributed by atoms with E-state index in [1.165, 1.54) is 27.3 Å². The van der Waals surface area contributed by atoms with Gasteiger partial charge < -0.3 is 25.4 Å². The lowest BCUT2D eigenvalue weighted by Gasteiger charge is -2.34. The van der Waals surface area contributed by atoms with Gasteiger partial charge >= 0.3 is 0 Å². The average molecular weight is 430 g/mol. The number of piperazine rings is 1. The average Bonchev–Trinajstić information content (AvgIpc) is 3.21. The second-order valence-electron chi connectivity index (χ2n) is 7.66. The lowest BCUT2D eigenvalue weighted by atomic mass is 9.83. The van der Waals surface area contributed by atoms with Gasteiger partial charge in [0.2, 0.25) is 0 Å². The molecule has 0 aliphatic carbocycles. The lowest BCUT2D eigenvalue weighted by Crippen LogP contribution is -2.37. The van der Waals surface area contributed by atoms with Crippen LogP contribution in [0.1, 0.15) is 30.6 Å². The summed E-state index contributed by atoms with van der Waals surface area (Å²) in [4.78, 5) is 1.32. The van der Waals surface area contributed by atoms with Crippen molar-refractivity contribution in [1.82, 2.24) is 10.6 Å². The van der Waals surface area contributed by atoms with Crippen LogP contribution in [0.25, 0.3) is 0 Å². The van der Waals surface area contributed by atoms with Crippen LogP contribution in [0.3, 0.4) is 0 Å². The fraction of sp³-hybridized carbons (Fsp3) is 0.455. The number of fused-ring (bicyclic) bond motifs is 2. The van der Waals surface area contributed by atoms with Crippen LogP contribution in [0.4, 0.5) is 5.69 Å². The van der Waals surface area contributed by atoms with Crippen molar-refractivity contribution < 1.29 is 9.47 Å². The number of allylic oxidation sites excluding steroid dienone is 5. The summed E-state index contributed by atoms with van der Waals surface area (Å²) >= 11 is 1.81. The van der Waals surface area contributed by atoms with E-state index in [1.54, 1.807) is 0 Å². The first-order chi connectivity index (χ1) is 14.3. The summed E-state index contributed by atoms with van der Waals surface area (Å²) in [5.74, 6) is 5.17. The largest absolute Gasteiger partial charge is 0.497 e. The van der Waals surface area contributed by atoms with Crippen molar-refractivity contribution in [2.75, 3.05) is 38.2 Å². The molecule has 3 unspecified atom stereocenters. The molecule has 1 aromatic heterocycles. The smallest absolute Gasteiger partial charge is 0.156 e. The summed E-state index contributed by atoms with van der Waals surface area (Å²) in [6.07, 6.45) is 9.07. The fourth-order valence-corrected chi connectivity index (χ4v) is 6.77. The summed E-state index contributed by atoms with van der Waals surface area (Å²) in [6.45, 7) is 6.48. The van der Waals surface area contributed by atoms with Crippen molar-refractivity contribution in [3.05, 3.63) is 56.8 Å². The van der Waals surface area contributed by atoms with Crippen LogP contribution in [-0.4, -0.2) is 32.8 Å². The first kappa shape index (κ1) is 19.1. The van der Waals surface area contributed by atoms with Gasteiger partial charge in [0.25, 0.3) is 0 Å². The first-order valence-electron chi connectivity index (χ1n) is 10.5. The van der Waals surface area contributed by atoms with Crippen LogP contribution in [0.5, 0.6) is 5.75 Å². The van der Waals surface area contributed by atoms with Crippen LogP contribution < -0.4 is 20.7 Å². The van der Waals surface area contributed by atoms with Crippen molar-refractivity contribution >= 4 is 25.6 Å². The van der Waals surface area contributed by atoms with Gasteiger partial charge in [0.1, 0.15) is 12.4 Å². The molecule has 1 aromatic rings. The van der Waals surface area contributed by atoms with E-state index in [-0.39, 0.29) is 5.92 Å². The molecule has 4 aliphatic heterocycles. The van der Waals surface area contributed by atoms with Gasteiger partial charge in [0.05, 0.1) is 28.6 Å². The minimum Gasteiger partial charge on any atom is -0.497 e. The number of hydrogen-bond acceptors (Lipinski definition) is 6. The summed E-state index contributed by atoms with van der Waals surface area (Å²) in [5, 5.41) is 14.0. The van der Waals surface area contributed by atoms with Gasteiger partial charge in [0, 0.05) is 42.2 Å². The van der Waals surface area contributed by atoms with Crippen molar-refractivity contribution in [1.29, 1.82) is 0 Å². The van der Waals surface area contributed by atoms with E-state index in [4.69, 9.17) is 9.47 Å². The third kappa shape index (κ3) is 3.69. The summed E-state index contributed by atoms with van der Waals surface area (Å²) < 4.78 is 12.4. The second kappa shape index (κ2) is 8.45. The zero-order valence-corrected chi connectivity index (χ0v) is 18.5. The van der Waals surface area contributed by atoms with E-state index in [9.17, 15) is 0 Å². The van der Waals surface area contributed by atoms with Gasteiger partial charge in [-0.25, -0.2) is 0 Å². The predicted molar refractivity (Wildman–Crippen MR) is 122 cm³/mol. The van der Waals surface area contributed by atoms with E-state index in [1.807, 2.05) is 11.3 Å². The second-order valence-corrected chi connectivity index (χ2v) is 9.69. The molecular weight excluding hydrogens is 401 g/mol. The van der Waals surface area contributed by atoms with Crippen molar-refractivity contribution in [2.45, 2.75) is 25.7 Å². The van der Waals surface area contributed by atoms with Crippen LogP contribution >= 0.6 is 19.9 Å². The molecule has 7 heteroatoms. The molecular formula is C22H28N3O2PS. The monoisotopic (exact) mass is 429 g/mol. The van der Waals surface area contributed by atoms with E-state index < -0.39 is 0 Å².